The quantitative estimate of drug-likeness (QED) is 0.410. The second-order valence-electron chi connectivity index (χ2n) is 7.08. The fourth-order valence-electron chi connectivity index (χ4n) is 3.19. The number of hydrogen-bond acceptors (Lipinski definition) is 8. The van der Waals surface area contributed by atoms with Crippen molar-refractivity contribution in [1.29, 1.82) is 0 Å². The Balaban J connectivity index is 1.52. The minimum absolute atomic E-state index is 0.0148. The van der Waals surface area contributed by atoms with Crippen LogP contribution in [0, 0.1) is 5.95 Å². The summed E-state index contributed by atoms with van der Waals surface area (Å²) in [6.45, 7) is -3.69. The zero-order chi connectivity index (χ0) is 24.3. The number of morpholine rings is 1. The van der Waals surface area contributed by atoms with Gasteiger partial charge in [-0.05, 0) is 23.8 Å². The maximum atomic E-state index is 14.1. The van der Waals surface area contributed by atoms with Crippen LogP contribution in [0.15, 0.2) is 42.6 Å². The van der Waals surface area contributed by atoms with Gasteiger partial charge in [0.25, 0.3) is 0 Å². The smallest absolute Gasteiger partial charge is 0.416 e. The minimum Gasteiger partial charge on any atom is -0.435 e. The number of nitrogens with one attached hydrogen (secondary N) is 1. The lowest BCUT2D eigenvalue weighted by Crippen LogP contribution is -2.49. The van der Waals surface area contributed by atoms with E-state index in [9.17, 15) is 26.3 Å². The van der Waals surface area contributed by atoms with Crippen molar-refractivity contribution in [2.75, 3.05) is 29.9 Å². The van der Waals surface area contributed by atoms with E-state index in [1.807, 2.05) is 0 Å². The molecule has 1 aliphatic heterocycles. The summed E-state index contributed by atoms with van der Waals surface area (Å²) < 4.78 is 86.8. The molecule has 8 nitrogen and oxygen atoms in total. The van der Waals surface area contributed by atoms with E-state index < -0.39 is 31.4 Å². The van der Waals surface area contributed by atoms with E-state index in [2.05, 4.69) is 30.2 Å². The zero-order valence-electron chi connectivity index (χ0n) is 17.1. The van der Waals surface area contributed by atoms with Gasteiger partial charge in [0.05, 0.1) is 19.3 Å². The third-order valence-corrected chi connectivity index (χ3v) is 4.72. The van der Waals surface area contributed by atoms with Gasteiger partial charge in [0.1, 0.15) is 11.6 Å². The summed E-state index contributed by atoms with van der Waals surface area (Å²) in [5.74, 6) is -1.10. The highest BCUT2D eigenvalue weighted by molar-refractivity contribution is 5.67. The fraction of sp³-hybridized carbons (Fsp3) is 0.300. The van der Waals surface area contributed by atoms with Gasteiger partial charge in [-0.15, -0.1) is 5.10 Å². The molecular weight excluding hydrogens is 470 g/mol. The molecule has 0 spiro atoms. The van der Waals surface area contributed by atoms with Gasteiger partial charge in [-0.25, -0.2) is 0 Å². The Morgan fingerprint density at radius 2 is 1.82 bits per heavy atom. The van der Waals surface area contributed by atoms with Gasteiger partial charge in [-0.3, -0.25) is 0 Å². The molecule has 0 radical (unpaired) electrons. The largest absolute Gasteiger partial charge is 0.435 e. The van der Waals surface area contributed by atoms with Crippen molar-refractivity contribution >= 4 is 17.6 Å². The summed E-state index contributed by atoms with van der Waals surface area (Å²) in [4.78, 5) is 8.87. The Kier molecular flexibility index (Phi) is 6.68. The van der Waals surface area contributed by atoms with Crippen LogP contribution < -0.4 is 15.0 Å². The summed E-state index contributed by atoms with van der Waals surface area (Å²) in [5, 5.41) is 10.5. The summed E-state index contributed by atoms with van der Waals surface area (Å²) in [6.07, 6.45) is -5.19. The maximum Gasteiger partial charge on any atom is 0.416 e. The van der Waals surface area contributed by atoms with Gasteiger partial charge in [-0.2, -0.15) is 41.4 Å². The first-order valence-electron chi connectivity index (χ1n) is 9.80. The van der Waals surface area contributed by atoms with Crippen LogP contribution in [0.2, 0.25) is 0 Å². The number of nitrogens with zero attached hydrogens (tertiary/aromatic N) is 5. The van der Waals surface area contributed by atoms with Crippen molar-refractivity contribution in [1.82, 2.24) is 20.2 Å². The molecule has 1 N–H and O–H groups in total. The SMILES string of the molecule is Fc1cc(Nc2cc(-c3ccc(OC(F)F)cc3)cnn2)nc(N2CCOC(C(F)(F)F)C2)n1. The molecule has 1 saturated heterocycles. The standard InChI is InChI=1S/C20H16F6N6O2/c21-15-8-16(30-19(28-15)32-5-6-33-14(10-32)20(24,25)26)29-17-7-12(9-27-31-17)11-1-3-13(4-2-11)34-18(22)23/h1-4,7-9,14,18H,5-6,10H2,(H,28,29,30,31). The maximum absolute atomic E-state index is 14.1. The van der Waals surface area contributed by atoms with Gasteiger partial charge in [0, 0.05) is 18.2 Å². The molecule has 1 aromatic carbocycles. The molecule has 0 bridgehead atoms. The van der Waals surface area contributed by atoms with Crippen LogP contribution in [0.4, 0.5) is 43.9 Å². The van der Waals surface area contributed by atoms with E-state index >= 15 is 0 Å². The van der Waals surface area contributed by atoms with Gasteiger partial charge >= 0.3 is 12.8 Å². The number of benzene rings is 1. The number of ether oxygens (including phenoxy) is 2. The molecule has 34 heavy (non-hydrogen) atoms. The Morgan fingerprint density at radius 3 is 2.53 bits per heavy atom. The molecule has 3 aromatic rings. The van der Waals surface area contributed by atoms with Crippen LogP contribution >= 0.6 is 0 Å². The van der Waals surface area contributed by atoms with E-state index in [1.165, 1.54) is 35.4 Å². The predicted molar refractivity (Wildman–Crippen MR) is 107 cm³/mol. The number of halogens is 6. The Labute approximate surface area is 188 Å². The monoisotopic (exact) mass is 486 g/mol. The lowest BCUT2D eigenvalue weighted by atomic mass is 10.1. The molecule has 0 aliphatic carbocycles. The van der Waals surface area contributed by atoms with Crippen molar-refractivity contribution in [3.63, 3.8) is 0 Å². The van der Waals surface area contributed by atoms with Crippen molar-refractivity contribution in [2.45, 2.75) is 18.9 Å². The number of anilines is 3. The van der Waals surface area contributed by atoms with Gasteiger partial charge in [0.2, 0.25) is 11.9 Å². The fourth-order valence-corrected chi connectivity index (χ4v) is 3.19. The molecule has 0 saturated carbocycles. The molecule has 2 aromatic heterocycles. The molecule has 3 heterocycles. The van der Waals surface area contributed by atoms with Gasteiger partial charge < -0.3 is 19.7 Å². The minimum atomic E-state index is -4.58. The van der Waals surface area contributed by atoms with E-state index in [1.54, 1.807) is 6.07 Å². The Hall–Kier alpha value is -3.68. The topological polar surface area (TPSA) is 85.3 Å². The summed E-state index contributed by atoms with van der Waals surface area (Å²) in [6, 6.07) is 8.29. The van der Waals surface area contributed by atoms with E-state index in [0.29, 0.717) is 11.1 Å². The van der Waals surface area contributed by atoms with Crippen LogP contribution in [0.3, 0.4) is 0 Å². The van der Waals surface area contributed by atoms with Crippen molar-refractivity contribution in [2.24, 2.45) is 0 Å². The molecule has 14 heteroatoms. The second kappa shape index (κ2) is 9.67. The normalized spacial score (nSPS) is 16.6. The van der Waals surface area contributed by atoms with Crippen LogP contribution in [0.5, 0.6) is 5.75 Å². The van der Waals surface area contributed by atoms with Crippen LogP contribution in [0.1, 0.15) is 0 Å². The van der Waals surface area contributed by atoms with Gasteiger partial charge in [0.15, 0.2) is 11.9 Å². The summed E-state index contributed by atoms with van der Waals surface area (Å²) in [5.41, 5.74) is 1.16. The van der Waals surface area contributed by atoms with E-state index in [4.69, 9.17) is 4.74 Å². The predicted octanol–water partition coefficient (Wildman–Crippen LogP) is 4.19. The number of rotatable bonds is 6. The zero-order valence-corrected chi connectivity index (χ0v) is 17.1. The van der Waals surface area contributed by atoms with Crippen LogP contribution in [-0.4, -0.2) is 58.8 Å². The highest BCUT2D eigenvalue weighted by Gasteiger charge is 2.44. The molecule has 1 unspecified atom stereocenters. The highest BCUT2D eigenvalue weighted by Crippen LogP contribution is 2.28. The van der Waals surface area contributed by atoms with E-state index in [-0.39, 0.29) is 36.5 Å². The third kappa shape index (κ3) is 5.81. The third-order valence-electron chi connectivity index (χ3n) is 4.72. The van der Waals surface area contributed by atoms with Gasteiger partial charge in [-0.1, -0.05) is 12.1 Å². The van der Waals surface area contributed by atoms with Crippen LogP contribution in [0.25, 0.3) is 11.1 Å². The average molecular weight is 486 g/mol. The van der Waals surface area contributed by atoms with E-state index in [0.717, 1.165) is 6.07 Å². The van der Waals surface area contributed by atoms with Crippen LogP contribution in [-0.2, 0) is 4.74 Å². The summed E-state index contributed by atoms with van der Waals surface area (Å²) in [7, 11) is 0. The summed E-state index contributed by atoms with van der Waals surface area (Å²) >= 11 is 0. The number of hydrogen-bond donors (Lipinski definition) is 1. The average Bonchev–Trinajstić information content (AvgIpc) is 2.78. The van der Waals surface area contributed by atoms with Crippen molar-refractivity contribution in [3.8, 4) is 16.9 Å². The van der Waals surface area contributed by atoms with Crippen molar-refractivity contribution in [3.05, 3.63) is 48.5 Å². The molecule has 1 aliphatic rings. The number of aromatic nitrogens is 4. The lowest BCUT2D eigenvalue weighted by molar-refractivity contribution is -0.221. The Morgan fingerprint density at radius 1 is 1.06 bits per heavy atom. The Bertz CT molecular complexity index is 1130. The first kappa shape index (κ1) is 23.5. The highest BCUT2D eigenvalue weighted by atomic mass is 19.4. The molecule has 180 valence electrons. The molecule has 4 rings (SSSR count). The molecule has 1 atom stereocenters. The molecule has 0 amide bonds. The first-order valence-corrected chi connectivity index (χ1v) is 9.80. The molecular formula is C20H16F6N6O2. The second-order valence-corrected chi connectivity index (χ2v) is 7.08. The van der Waals surface area contributed by atoms with Crippen molar-refractivity contribution < 1.29 is 35.8 Å². The number of alkyl halides is 5. The molecule has 1 fully saturated rings. The first-order chi connectivity index (χ1) is 16.2. The lowest BCUT2D eigenvalue weighted by Gasteiger charge is -2.33.